The van der Waals surface area contributed by atoms with Crippen LogP contribution in [0.25, 0.3) is 0 Å². The zero-order valence-electron chi connectivity index (χ0n) is 11.7. The van der Waals surface area contributed by atoms with Gasteiger partial charge in [0.05, 0.1) is 12.8 Å². The molecular weight excluding hydrogens is 258 g/mol. The molecule has 0 aliphatic heterocycles. The predicted molar refractivity (Wildman–Crippen MR) is 77.8 cm³/mol. The standard InChI is InChI=1S/C14H19N3OS/c1-10-13(9-15-2)14(17(3)16-10)19-12-7-5-11(18-4)6-8-12/h5-8,15H,9H2,1-4H3. The van der Waals surface area contributed by atoms with E-state index in [1.165, 1.54) is 15.5 Å². The van der Waals surface area contributed by atoms with Crippen LogP contribution in [0.2, 0.25) is 0 Å². The zero-order valence-corrected chi connectivity index (χ0v) is 12.5. The van der Waals surface area contributed by atoms with Gasteiger partial charge in [-0.3, -0.25) is 4.68 Å². The number of benzene rings is 1. The highest BCUT2D eigenvalue weighted by Gasteiger charge is 2.13. The van der Waals surface area contributed by atoms with Gasteiger partial charge >= 0.3 is 0 Å². The van der Waals surface area contributed by atoms with Crippen molar-refractivity contribution in [2.75, 3.05) is 14.2 Å². The molecule has 0 unspecified atom stereocenters. The molecule has 2 aromatic rings. The van der Waals surface area contributed by atoms with Crippen molar-refractivity contribution < 1.29 is 4.74 Å². The third-order valence-corrected chi connectivity index (χ3v) is 4.13. The van der Waals surface area contributed by atoms with E-state index >= 15 is 0 Å². The predicted octanol–water partition coefficient (Wildman–Crippen LogP) is 2.61. The van der Waals surface area contributed by atoms with Crippen LogP contribution in [0.4, 0.5) is 0 Å². The van der Waals surface area contributed by atoms with Gasteiger partial charge in [-0.05, 0) is 38.2 Å². The first-order valence-electron chi connectivity index (χ1n) is 6.14. The lowest BCUT2D eigenvalue weighted by Gasteiger charge is -2.07. The van der Waals surface area contributed by atoms with Crippen molar-refractivity contribution in [2.24, 2.45) is 7.05 Å². The van der Waals surface area contributed by atoms with Crippen LogP contribution in [0.3, 0.4) is 0 Å². The quantitative estimate of drug-likeness (QED) is 0.912. The maximum atomic E-state index is 5.17. The second kappa shape index (κ2) is 6.12. The highest BCUT2D eigenvalue weighted by Crippen LogP contribution is 2.32. The van der Waals surface area contributed by atoms with Crippen molar-refractivity contribution >= 4 is 11.8 Å². The van der Waals surface area contributed by atoms with Gasteiger partial charge in [-0.15, -0.1) is 0 Å². The van der Waals surface area contributed by atoms with E-state index in [9.17, 15) is 0 Å². The number of nitrogens with one attached hydrogen (secondary N) is 1. The van der Waals surface area contributed by atoms with Gasteiger partial charge < -0.3 is 10.1 Å². The van der Waals surface area contributed by atoms with E-state index in [1.807, 2.05) is 37.8 Å². The van der Waals surface area contributed by atoms with Crippen LogP contribution >= 0.6 is 11.8 Å². The smallest absolute Gasteiger partial charge is 0.118 e. The molecule has 0 amide bonds. The third kappa shape index (κ3) is 3.11. The van der Waals surface area contributed by atoms with Crippen molar-refractivity contribution in [3.63, 3.8) is 0 Å². The number of rotatable bonds is 5. The first-order chi connectivity index (χ1) is 9.15. The Morgan fingerprint density at radius 1 is 1.32 bits per heavy atom. The number of hydrogen-bond donors (Lipinski definition) is 1. The molecule has 0 atom stereocenters. The number of nitrogens with zero attached hydrogens (tertiary/aromatic N) is 2. The molecule has 19 heavy (non-hydrogen) atoms. The Morgan fingerprint density at radius 3 is 2.58 bits per heavy atom. The molecule has 0 radical (unpaired) electrons. The van der Waals surface area contributed by atoms with E-state index in [0.29, 0.717) is 0 Å². The Kier molecular flexibility index (Phi) is 4.50. The highest BCUT2D eigenvalue weighted by atomic mass is 32.2. The first kappa shape index (κ1) is 14.0. The minimum atomic E-state index is 0.832. The molecule has 102 valence electrons. The van der Waals surface area contributed by atoms with Crippen LogP contribution in [0.1, 0.15) is 11.3 Å². The number of aryl methyl sites for hydroxylation is 2. The van der Waals surface area contributed by atoms with Crippen molar-refractivity contribution in [1.29, 1.82) is 0 Å². The largest absolute Gasteiger partial charge is 0.497 e. The summed E-state index contributed by atoms with van der Waals surface area (Å²) in [6, 6.07) is 8.08. The van der Waals surface area contributed by atoms with Crippen LogP contribution in [-0.2, 0) is 13.6 Å². The Labute approximate surface area is 118 Å². The molecular formula is C14H19N3OS. The van der Waals surface area contributed by atoms with E-state index in [-0.39, 0.29) is 0 Å². The molecule has 4 nitrogen and oxygen atoms in total. The fourth-order valence-corrected chi connectivity index (χ4v) is 2.96. The van der Waals surface area contributed by atoms with Gasteiger partial charge in [0.2, 0.25) is 0 Å². The van der Waals surface area contributed by atoms with Crippen molar-refractivity contribution in [3.05, 3.63) is 35.5 Å². The van der Waals surface area contributed by atoms with Gasteiger partial charge in [-0.1, -0.05) is 11.8 Å². The number of ether oxygens (including phenoxy) is 1. The summed E-state index contributed by atoms with van der Waals surface area (Å²) in [5, 5.41) is 8.86. The maximum absolute atomic E-state index is 5.17. The monoisotopic (exact) mass is 277 g/mol. The minimum absolute atomic E-state index is 0.832. The Bertz CT molecular complexity index is 549. The van der Waals surface area contributed by atoms with E-state index in [4.69, 9.17) is 4.74 Å². The van der Waals surface area contributed by atoms with Gasteiger partial charge in [0.1, 0.15) is 10.8 Å². The first-order valence-corrected chi connectivity index (χ1v) is 6.96. The lowest BCUT2D eigenvalue weighted by molar-refractivity contribution is 0.414. The number of methoxy groups -OCH3 is 1. The molecule has 0 fully saturated rings. The molecule has 2 rings (SSSR count). The molecule has 5 heteroatoms. The van der Waals surface area contributed by atoms with Crippen molar-refractivity contribution in [1.82, 2.24) is 15.1 Å². The summed E-state index contributed by atoms with van der Waals surface area (Å²) in [6.45, 7) is 2.88. The van der Waals surface area contributed by atoms with Crippen molar-refractivity contribution in [3.8, 4) is 5.75 Å². The summed E-state index contributed by atoms with van der Waals surface area (Å²) < 4.78 is 7.11. The minimum Gasteiger partial charge on any atom is -0.497 e. The van der Waals surface area contributed by atoms with Crippen LogP contribution in [0.5, 0.6) is 5.75 Å². The maximum Gasteiger partial charge on any atom is 0.118 e. The normalized spacial score (nSPS) is 10.7. The van der Waals surface area contributed by atoms with Crippen LogP contribution < -0.4 is 10.1 Å². The third-order valence-electron chi connectivity index (χ3n) is 2.92. The van der Waals surface area contributed by atoms with Crippen LogP contribution in [0.15, 0.2) is 34.2 Å². The Balaban J connectivity index is 2.26. The zero-order chi connectivity index (χ0) is 13.8. The van der Waals surface area contributed by atoms with Gasteiger partial charge in [-0.2, -0.15) is 5.10 Å². The lowest BCUT2D eigenvalue weighted by atomic mass is 10.3. The van der Waals surface area contributed by atoms with Crippen LogP contribution in [0, 0.1) is 6.92 Å². The second-order valence-electron chi connectivity index (χ2n) is 4.30. The molecule has 1 aromatic carbocycles. The summed E-state index contributed by atoms with van der Waals surface area (Å²) in [7, 11) is 5.62. The molecule has 0 saturated heterocycles. The average molecular weight is 277 g/mol. The molecule has 0 bridgehead atoms. The van der Waals surface area contributed by atoms with Gasteiger partial charge in [0, 0.05) is 24.1 Å². The Morgan fingerprint density at radius 2 is 2.00 bits per heavy atom. The average Bonchev–Trinajstić information content (AvgIpc) is 2.67. The second-order valence-corrected chi connectivity index (χ2v) is 5.36. The van der Waals surface area contributed by atoms with Gasteiger partial charge in [0.25, 0.3) is 0 Å². The molecule has 0 aliphatic carbocycles. The van der Waals surface area contributed by atoms with E-state index in [0.717, 1.165) is 18.0 Å². The highest BCUT2D eigenvalue weighted by molar-refractivity contribution is 7.99. The molecule has 0 aliphatic rings. The number of aromatic nitrogens is 2. The summed E-state index contributed by atoms with van der Waals surface area (Å²) in [6.07, 6.45) is 0. The number of hydrogen-bond acceptors (Lipinski definition) is 4. The molecule has 0 spiro atoms. The van der Waals surface area contributed by atoms with Crippen molar-refractivity contribution in [2.45, 2.75) is 23.4 Å². The fraction of sp³-hybridized carbons (Fsp3) is 0.357. The fourth-order valence-electron chi connectivity index (χ4n) is 1.94. The van der Waals surface area contributed by atoms with E-state index in [1.54, 1.807) is 18.9 Å². The molecule has 1 aromatic heterocycles. The summed E-state index contributed by atoms with van der Waals surface area (Å²) in [5.41, 5.74) is 2.33. The van der Waals surface area contributed by atoms with E-state index in [2.05, 4.69) is 22.5 Å². The van der Waals surface area contributed by atoms with Gasteiger partial charge in [0.15, 0.2) is 0 Å². The molecule has 1 N–H and O–H groups in total. The summed E-state index contributed by atoms with van der Waals surface area (Å²) in [4.78, 5) is 1.18. The topological polar surface area (TPSA) is 39.1 Å². The summed E-state index contributed by atoms with van der Waals surface area (Å²) >= 11 is 1.73. The Hall–Kier alpha value is -1.46. The van der Waals surface area contributed by atoms with Gasteiger partial charge in [-0.25, -0.2) is 0 Å². The lowest BCUT2D eigenvalue weighted by Crippen LogP contribution is -2.06. The van der Waals surface area contributed by atoms with Crippen LogP contribution in [-0.4, -0.2) is 23.9 Å². The summed E-state index contributed by atoms with van der Waals surface area (Å²) in [5.74, 6) is 0.876. The molecule has 1 heterocycles. The molecule has 0 saturated carbocycles. The SMILES string of the molecule is CNCc1c(C)nn(C)c1Sc1ccc(OC)cc1. The van der Waals surface area contributed by atoms with E-state index < -0.39 is 0 Å².